The van der Waals surface area contributed by atoms with Crippen LogP contribution >= 0.6 is 0 Å². The Hall–Kier alpha value is -1.59. The molecular weight excluding hydrogens is 222 g/mol. The first-order valence-electron chi connectivity index (χ1n) is 5.35. The minimum Gasteiger partial charge on any atom is -0.496 e. The van der Waals surface area contributed by atoms with Gasteiger partial charge in [-0.2, -0.15) is 0 Å². The van der Waals surface area contributed by atoms with Crippen molar-refractivity contribution in [1.29, 1.82) is 0 Å². The van der Waals surface area contributed by atoms with Gasteiger partial charge in [-0.3, -0.25) is 4.79 Å². The van der Waals surface area contributed by atoms with Crippen LogP contribution in [0, 0.1) is 0 Å². The lowest BCUT2D eigenvalue weighted by atomic mass is 10.0. The fraction of sp³-hybridized carbons (Fsp3) is 0.417. The molecule has 0 aliphatic carbocycles. The van der Waals surface area contributed by atoms with Gasteiger partial charge in [-0.1, -0.05) is 18.2 Å². The molecule has 0 heterocycles. The van der Waals surface area contributed by atoms with E-state index in [4.69, 9.17) is 15.2 Å². The molecular formula is C12H17NO4. The van der Waals surface area contributed by atoms with Gasteiger partial charge in [0.15, 0.2) is 0 Å². The van der Waals surface area contributed by atoms with E-state index < -0.39 is 18.1 Å². The van der Waals surface area contributed by atoms with Crippen molar-refractivity contribution in [2.75, 3.05) is 13.7 Å². The molecule has 5 heteroatoms. The molecule has 2 atom stereocenters. The fourth-order valence-corrected chi connectivity index (χ4v) is 1.47. The van der Waals surface area contributed by atoms with Gasteiger partial charge in [-0.25, -0.2) is 0 Å². The molecule has 5 nitrogen and oxygen atoms in total. The average Bonchev–Trinajstić information content (AvgIpc) is 2.37. The van der Waals surface area contributed by atoms with Crippen LogP contribution in [0.2, 0.25) is 0 Å². The molecule has 0 aromatic heterocycles. The summed E-state index contributed by atoms with van der Waals surface area (Å²) in [5.41, 5.74) is 6.09. The Kier molecular flexibility index (Phi) is 4.93. The lowest BCUT2D eigenvalue weighted by Crippen LogP contribution is -2.38. The zero-order chi connectivity index (χ0) is 12.8. The molecule has 0 fully saturated rings. The van der Waals surface area contributed by atoms with Gasteiger partial charge in [0, 0.05) is 5.56 Å². The number of rotatable bonds is 5. The molecule has 94 valence electrons. The lowest BCUT2D eigenvalue weighted by molar-refractivity contribution is -0.147. The Morgan fingerprint density at radius 2 is 2.12 bits per heavy atom. The molecule has 0 aliphatic heterocycles. The summed E-state index contributed by atoms with van der Waals surface area (Å²) in [6, 6.07) is 5.73. The number of aliphatic hydroxyl groups is 1. The third-order valence-corrected chi connectivity index (χ3v) is 2.36. The number of para-hydroxylation sites is 1. The van der Waals surface area contributed by atoms with Crippen molar-refractivity contribution >= 4 is 5.97 Å². The predicted molar refractivity (Wildman–Crippen MR) is 62.6 cm³/mol. The van der Waals surface area contributed by atoms with Crippen molar-refractivity contribution in [1.82, 2.24) is 0 Å². The Morgan fingerprint density at radius 3 is 2.71 bits per heavy atom. The molecule has 0 radical (unpaired) electrons. The standard InChI is InChI=1S/C12H17NO4/c1-3-17-12(15)10(13)11(14)8-6-4-5-7-9(8)16-2/h4-7,10-11,14H,3,13H2,1-2H3. The number of hydrogen-bond acceptors (Lipinski definition) is 5. The number of aliphatic hydroxyl groups excluding tert-OH is 1. The fourth-order valence-electron chi connectivity index (χ4n) is 1.47. The van der Waals surface area contributed by atoms with Crippen molar-refractivity contribution in [2.24, 2.45) is 5.73 Å². The monoisotopic (exact) mass is 239 g/mol. The number of carbonyl (C=O) groups excluding carboxylic acids is 1. The smallest absolute Gasteiger partial charge is 0.325 e. The maximum absolute atomic E-state index is 11.4. The Morgan fingerprint density at radius 1 is 1.47 bits per heavy atom. The zero-order valence-electron chi connectivity index (χ0n) is 9.92. The van der Waals surface area contributed by atoms with Crippen LogP contribution in [0.5, 0.6) is 5.75 Å². The first-order chi connectivity index (χ1) is 8.11. The summed E-state index contributed by atoms with van der Waals surface area (Å²) in [5, 5.41) is 9.99. The highest BCUT2D eigenvalue weighted by Gasteiger charge is 2.27. The van der Waals surface area contributed by atoms with Crippen LogP contribution < -0.4 is 10.5 Å². The van der Waals surface area contributed by atoms with Crippen LogP contribution in [0.1, 0.15) is 18.6 Å². The summed E-state index contributed by atoms with van der Waals surface area (Å²) in [5.74, 6) is -0.148. The number of esters is 1. The molecule has 17 heavy (non-hydrogen) atoms. The van der Waals surface area contributed by atoms with Crippen LogP contribution in [0.25, 0.3) is 0 Å². The third-order valence-electron chi connectivity index (χ3n) is 2.36. The largest absolute Gasteiger partial charge is 0.496 e. The van der Waals surface area contributed by atoms with Gasteiger partial charge >= 0.3 is 5.97 Å². The molecule has 2 unspecified atom stereocenters. The number of nitrogens with two attached hydrogens (primary N) is 1. The average molecular weight is 239 g/mol. The van der Waals surface area contributed by atoms with Gasteiger partial charge in [0.2, 0.25) is 0 Å². The second-order valence-corrected chi connectivity index (χ2v) is 3.46. The van der Waals surface area contributed by atoms with E-state index >= 15 is 0 Å². The first-order valence-corrected chi connectivity index (χ1v) is 5.35. The van der Waals surface area contributed by atoms with Crippen molar-refractivity contribution in [3.8, 4) is 5.75 Å². The van der Waals surface area contributed by atoms with Gasteiger partial charge in [0.1, 0.15) is 17.9 Å². The molecule has 0 aliphatic rings. The summed E-state index contributed by atoms with van der Waals surface area (Å²) in [6.07, 6.45) is -1.15. The summed E-state index contributed by atoms with van der Waals surface area (Å²) in [6.45, 7) is 1.91. The van der Waals surface area contributed by atoms with Crippen molar-refractivity contribution in [3.05, 3.63) is 29.8 Å². The Balaban J connectivity index is 2.88. The minimum atomic E-state index is -1.15. The second kappa shape index (κ2) is 6.22. The quantitative estimate of drug-likeness (QED) is 0.736. The van der Waals surface area contributed by atoms with Crippen molar-refractivity contribution in [2.45, 2.75) is 19.1 Å². The molecule has 3 N–H and O–H groups in total. The van der Waals surface area contributed by atoms with Gasteiger partial charge in [-0.05, 0) is 13.0 Å². The van der Waals surface area contributed by atoms with E-state index in [1.807, 2.05) is 0 Å². The maximum Gasteiger partial charge on any atom is 0.325 e. The molecule has 1 aromatic carbocycles. The number of methoxy groups -OCH3 is 1. The number of benzene rings is 1. The minimum absolute atomic E-state index is 0.227. The van der Waals surface area contributed by atoms with Crippen LogP contribution in [0.15, 0.2) is 24.3 Å². The van der Waals surface area contributed by atoms with Crippen LogP contribution in [-0.2, 0) is 9.53 Å². The molecule has 0 saturated heterocycles. The molecule has 0 bridgehead atoms. The summed E-state index contributed by atoms with van der Waals surface area (Å²) < 4.78 is 9.84. The maximum atomic E-state index is 11.4. The molecule has 0 saturated carbocycles. The zero-order valence-corrected chi connectivity index (χ0v) is 9.92. The molecule has 0 amide bonds. The lowest BCUT2D eigenvalue weighted by Gasteiger charge is -2.19. The summed E-state index contributed by atoms with van der Waals surface area (Å²) >= 11 is 0. The molecule has 1 rings (SSSR count). The van der Waals surface area contributed by atoms with Gasteiger partial charge in [0.05, 0.1) is 13.7 Å². The van der Waals surface area contributed by atoms with E-state index in [1.165, 1.54) is 7.11 Å². The number of hydrogen-bond donors (Lipinski definition) is 2. The van der Waals surface area contributed by atoms with E-state index in [-0.39, 0.29) is 6.61 Å². The van der Waals surface area contributed by atoms with E-state index in [0.717, 1.165) is 0 Å². The van der Waals surface area contributed by atoms with E-state index in [9.17, 15) is 9.90 Å². The van der Waals surface area contributed by atoms with Crippen molar-refractivity contribution in [3.63, 3.8) is 0 Å². The van der Waals surface area contributed by atoms with Gasteiger partial charge in [0.25, 0.3) is 0 Å². The molecule has 1 aromatic rings. The van der Waals surface area contributed by atoms with Crippen molar-refractivity contribution < 1.29 is 19.4 Å². The van der Waals surface area contributed by atoms with Crippen LogP contribution in [0.4, 0.5) is 0 Å². The number of carbonyl (C=O) groups is 1. The normalized spacial score (nSPS) is 13.9. The highest BCUT2D eigenvalue weighted by Crippen LogP contribution is 2.26. The SMILES string of the molecule is CCOC(=O)C(N)C(O)c1ccccc1OC. The van der Waals surface area contributed by atoms with E-state index in [1.54, 1.807) is 31.2 Å². The first kappa shape index (κ1) is 13.5. The predicted octanol–water partition coefficient (Wildman–Crippen LogP) is 0.619. The van der Waals surface area contributed by atoms with E-state index in [2.05, 4.69) is 0 Å². The molecule has 0 spiro atoms. The van der Waals surface area contributed by atoms with Crippen LogP contribution in [0.3, 0.4) is 0 Å². The third kappa shape index (κ3) is 3.18. The Bertz CT molecular complexity index is 381. The second-order valence-electron chi connectivity index (χ2n) is 3.46. The van der Waals surface area contributed by atoms with Gasteiger partial charge < -0.3 is 20.3 Å². The van der Waals surface area contributed by atoms with Gasteiger partial charge in [-0.15, -0.1) is 0 Å². The summed E-state index contributed by atoms with van der Waals surface area (Å²) in [7, 11) is 1.49. The highest BCUT2D eigenvalue weighted by atomic mass is 16.5. The Labute approximate surface area is 100 Å². The number of ether oxygens (including phenoxy) is 2. The topological polar surface area (TPSA) is 81.8 Å². The summed E-state index contributed by atoms with van der Waals surface area (Å²) in [4.78, 5) is 11.4. The van der Waals surface area contributed by atoms with Crippen LogP contribution in [-0.4, -0.2) is 30.8 Å². The van der Waals surface area contributed by atoms with E-state index in [0.29, 0.717) is 11.3 Å². The highest BCUT2D eigenvalue weighted by molar-refractivity contribution is 5.76.